The quantitative estimate of drug-likeness (QED) is 0.341. The van der Waals surface area contributed by atoms with Gasteiger partial charge in [-0.15, -0.1) is 11.3 Å². The first-order chi connectivity index (χ1) is 13.5. The molecule has 3 aromatic rings. The maximum Gasteiger partial charge on any atom is 0.707 e. The highest BCUT2D eigenvalue weighted by atomic mass is 32.1. The maximum atomic E-state index is 8.98. The van der Waals surface area contributed by atoms with Crippen LogP contribution in [0.2, 0.25) is 0 Å². The van der Waals surface area contributed by atoms with Crippen LogP contribution in [0.3, 0.4) is 0 Å². The number of ether oxygens (including phenoxy) is 1. The topological polar surface area (TPSA) is 100 Å². The minimum Gasteiger partial charge on any atom is -0.509 e. The molecular formula is C18H21BN4O4S. The smallest absolute Gasteiger partial charge is 0.509 e. The van der Waals surface area contributed by atoms with Crippen LogP contribution in [-0.2, 0) is 0 Å². The Labute approximate surface area is 167 Å². The average molecular weight is 400 g/mol. The molecule has 28 heavy (non-hydrogen) atoms. The summed E-state index contributed by atoms with van der Waals surface area (Å²) in [6.07, 6.45) is 3.24. The number of hydrogen-bond acceptors (Lipinski definition) is 9. The van der Waals surface area contributed by atoms with Crippen molar-refractivity contribution >= 4 is 40.9 Å². The highest BCUT2D eigenvalue weighted by molar-refractivity contribution is 7.17. The lowest BCUT2D eigenvalue weighted by molar-refractivity contribution is 0.279. The van der Waals surface area contributed by atoms with Gasteiger partial charge in [-0.05, 0) is 41.1 Å². The minimum atomic E-state index is -1.92. The molecule has 0 atom stereocenters. The van der Waals surface area contributed by atoms with Crippen molar-refractivity contribution in [3.05, 3.63) is 41.5 Å². The molecule has 0 aliphatic heterocycles. The molecule has 0 aliphatic carbocycles. The number of thiophene rings is 1. The normalized spacial score (nSPS) is 11.4. The van der Waals surface area contributed by atoms with Gasteiger partial charge in [0.05, 0.1) is 23.5 Å². The third kappa shape index (κ3) is 4.77. The fourth-order valence-electron chi connectivity index (χ4n) is 2.61. The molecule has 3 rings (SSSR count). The van der Waals surface area contributed by atoms with Crippen LogP contribution in [0, 0.1) is 5.92 Å². The molecule has 0 bridgehead atoms. The second kappa shape index (κ2) is 9.00. The summed E-state index contributed by atoms with van der Waals surface area (Å²) in [7, 11) is -0.437. The van der Waals surface area contributed by atoms with Crippen molar-refractivity contribution < 1.29 is 19.4 Å². The Morgan fingerprint density at radius 3 is 2.79 bits per heavy atom. The Bertz CT molecular complexity index is 964. The lowest BCUT2D eigenvalue weighted by Gasteiger charge is -2.20. The zero-order chi connectivity index (χ0) is 20.1. The maximum absolute atomic E-state index is 8.98. The highest BCUT2D eigenvalue weighted by Gasteiger charge is 2.16. The molecule has 0 spiro atoms. The lowest BCUT2D eigenvalue weighted by Crippen LogP contribution is -2.23. The number of hydrazone groups is 1. The van der Waals surface area contributed by atoms with Gasteiger partial charge < -0.3 is 19.4 Å². The molecule has 2 N–H and O–H groups in total. The summed E-state index contributed by atoms with van der Waals surface area (Å²) < 4.78 is 11.1. The van der Waals surface area contributed by atoms with Gasteiger partial charge in [0.2, 0.25) is 0 Å². The second-order valence-electron chi connectivity index (χ2n) is 6.41. The number of anilines is 1. The summed E-state index contributed by atoms with van der Waals surface area (Å²) in [6.45, 7) is 4.92. The van der Waals surface area contributed by atoms with Crippen LogP contribution in [-0.4, -0.2) is 47.2 Å². The van der Waals surface area contributed by atoms with Gasteiger partial charge >= 0.3 is 7.32 Å². The summed E-state index contributed by atoms with van der Waals surface area (Å²) in [5.41, 5.74) is 1.66. The van der Waals surface area contributed by atoms with Crippen LogP contribution >= 0.6 is 11.3 Å². The predicted molar refractivity (Wildman–Crippen MR) is 111 cm³/mol. The number of benzene rings is 1. The fraction of sp³-hybridized carbons (Fsp3) is 0.278. The molecule has 0 radical (unpaired) electrons. The number of fused-ring (bicyclic) bond motifs is 1. The van der Waals surface area contributed by atoms with Gasteiger partial charge in [-0.2, -0.15) is 5.10 Å². The Hall–Kier alpha value is -2.69. The number of aromatic nitrogens is 2. The van der Waals surface area contributed by atoms with Gasteiger partial charge in [-0.1, -0.05) is 13.8 Å². The Morgan fingerprint density at radius 2 is 2.07 bits per heavy atom. The van der Waals surface area contributed by atoms with E-state index in [1.54, 1.807) is 42.1 Å². The van der Waals surface area contributed by atoms with Crippen LogP contribution in [0.4, 0.5) is 5.82 Å². The molecular weight excluding hydrogens is 379 g/mol. The van der Waals surface area contributed by atoms with E-state index in [4.69, 9.17) is 19.4 Å². The van der Waals surface area contributed by atoms with E-state index in [0.717, 1.165) is 21.6 Å². The van der Waals surface area contributed by atoms with E-state index in [-0.39, 0.29) is 5.75 Å². The Morgan fingerprint density at radius 1 is 1.25 bits per heavy atom. The van der Waals surface area contributed by atoms with Crippen LogP contribution in [0.25, 0.3) is 10.2 Å². The standard InChI is InChI=1S/C18H21BN4O4S/c1-12(2)10-23(18-17-14(6-7-28-17)20-11-21-18)22-9-13-4-5-15(27-19(24)25)16(8-13)26-3/h4-9,11-12,24-25H,10H2,1-3H3/b22-9+. The Balaban J connectivity index is 1.91. The molecule has 2 aromatic heterocycles. The fourth-order valence-corrected chi connectivity index (χ4v) is 3.44. The van der Waals surface area contributed by atoms with Gasteiger partial charge in [0.25, 0.3) is 0 Å². The number of nitrogens with zero attached hydrogens (tertiary/aromatic N) is 4. The number of rotatable bonds is 8. The molecule has 0 aliphatic rings. The first-order valence-electron chi connectivity index (χ1n) is 8.68. The van der Waals surface area contributed by atoms with Crippen LogP contribution in [0.1, 0.15) is 19.4 Å². The van der Waals surface area contributed by atoms with E-state index in [0.29, 0.717) is 18.2 Å². The van der Waals surface area contributed by atoms with Crippen molar-refractivity contribution in [2.75, 3.05) is 18.7 Å². The van der Waals surface area contributed by atoms with E-state index < -0.39 is 7.32 Å². The van der Waals surface area contributed by atoms with Crippen molar-refractivity contribution in [2.24, 2.45) is 11.0 Å². The number of methoxy groups -OCH3 is 1. The summed E-state index contributed by atoms with van der Waals surface area (Å²) in [4.78, 5) is 8.72. The summed E-state index contributed by atoms with van der Waals surface area (Å²) in [5.74, 6) is 1.73. The van der Waals surface area contributed by atoms with E-state index in [1.165, 1.54) is 7.11 Å². The number of hydrogen-bond donors (Lipinski definition) is 2. The van der Waals surface area contributed by atoms with E-state index in [1.807, 2.05) is 16.5 Å². The molecule has 0 unspecified atom stereocenters. The van der Waals surface area contributed by atoms with Gasteiger partial charge in [0.1, 0.15) is 12.1 Å². The molecule has 0 fully saturated rings. The SMILES string of the molecule is COc1cc(/C=N/N(CC(C)C)c2ncnc3ccsc23)ccc1OB(O)O. The van der Waals surface area contributed by atoms with Gasteiger partial charge in [-0.3, -0.25) is 0 Å². The monoisotopic (exact) mass is 400 g/mol. The molecule has 0 amide bonds. The largest absolute Gasteiger partial charge is 0.707 e. The third-order valence-electron chi connectivity index (χ3n) is 3.77. The van der Waals surface area contributed by atoms with Crippen molar-refractivity contribution in [3.63, 3.8) is 0 Å². The average Bonchev–Trinajstić information content (AvgIpc) is 3.14. The van der Waals surface area contributed by atoms with Crippen molar-refractivity contribution in [3.8, 4) is 11.5 Å². The molecule has 1 aromatic carbocycles. The van der Waals surface area contributed by atoms with E-state index in [2.05, 4.69) is 28.9 Å². The third-order valence-corrected chi connectivity index (χ3v) is 4.67. The zero-order valence-electron chi connectivity index (χ0n) is 15.8. The van der Waals surface area contributed by atoms with E-state index in [9.17, 15) is 0 Å². The molecule has 0 saturated heterocycles. The summed E-state index contributed by atoms with van der Waals surface area (Å²) >= 11 is 1.58. The first kappa shape index (κ1) is 20.1. The van der Waals surface area contributed by atoms with E-state index >= 15 is 0 Å². The minimum absolute atomic E-state index is 0.227. The van der Waals surface area contributed by atoms with Gasteiger partial charge in [0.15, 0.2) is 11.6 Å². The lowest BCUT2D eigenvalue weighted by atomic mass is 10.2. The summed E-state index contributed by atoms with van der Waals surface area (Å²) in [5, 5.41) is 26.4. The molecule has 10 heteroatoms. The molecule has 2 heterocycles. The van der Waals surface area contributed by atoms with Crippen molar-refractivity contribution in [1.29, 1.82) is 0 Å². The van der Waals surface area contributed by atoms with Gasteiger partial charge in [0, 0.05) is 6.54 Å². The predicted octanol–water partition coefficient (Wildman–Crippen LogP) is 2.54. The highest BCUT2D eigenvalue weighted by Crippen LogP contribution is 2.30. The van der Waals surface area contributed by atoms with Crippen LogP contribution < -0.4 is 14.4 Å². The second-order valence-corrected chi connectivity index (χ2v) is 7.32. The van der Waals surface area contributed by atoms with Crippen molar-refractivity contribution in [2.45, 2.75) is 13.8 Å². The van der Waals surface area contributed by atoms with Crippen LogP contribution in [0.15, 0.2) is 41.1 Å². The van der Waals surface area contributed by atoms with Crippen LogP contribution in [0.5, 0.6) is 11.5 Å². The molecule has 146 valence electrons. The van der Waals surface area contributed by atoms with Crippen molar-refractivity contribution in [1.82, 2.24) is 9.97 Å². The zero-order valence-corrected chi connectivity index (χ0v) is 16.6. The Kier molecular flexibility index (Phi) is 6.45. The van der Waals surface area contributed by atoms with Gasteiger partial charge in [-0.25, -0.2) is 15.0 Å². The summed E-state index contributed by atoms with van der Waals surface area (Å²) in [6, 6.07) is 7.00. The molecule has 8 nitrogen and oxygen atoms in total. The molecule has 0 saturated carbocycles. The first-order valence-corrected chi connectivity index (χ1v) is 9.56.